The van der Waals surface area contributed by atoms with Gasteiger partial charge in [0.05, 0.1) is 22.1 Å². The standard InChI is InChI=1S/C22H20N4S/c1-2-6-14(7-3-1)22-25-20(19-12-15-8-4-5-9-18(15)27-19)17-13-24-21-16(26(17)22)10-11-23-21/h4-5,8-14,23H,1-3,6-7H2. The van der Waals surface area contributed by atoms with Crippen LogP contribution in [0.3, 0.4) is 0 Å². The molecule has 1 aliphatic carbocycles. The lowest BCUT2D eigenvalue weighted by molar-refractivity contribution is 0.429. The first-order chi connectivity index (χ1) is 13.4. The fourth-order valence-electron chi connectivity index (χ4n) is 4.50. The second-order valence-corrected chi connectivity index (χ2v) is 8.58. The van der Waals surface area contributed by atoms with E-state index in [1.165, 1.54) is 52.9 Å². The maximum absolute atomic E-state index is 5.23. The van der Waals surface area contributed by atoms with Crippen LogP contribution in [0, 0.1) is 0 Å². The highest BCUT2D eigenvalue weighted by molar-refractivity contribution is 7.22. The van der Waals surface area contributed by atoms with Crippen molar-refractivity contribution in [3.63, 3.8) is 0 Å². The number of aromatic nitrogens is 4. The number of rotatable bonds is 2. The summed E-state index contributed by atoms with van der Waals surface area (Å²) in [6.45, 7) is 0. The highest BCUT2D eigenvalue weighted by atomic mass is 32.1. The van der Waals surface area contributed by atoms with Crippen LogP contribution in [-0.4, -0.2) is 19.4 Å². The van der Waals surface area contributed by atoms with Gasteiger partial charge in [-0.05, 0) is 36.4 Å². The van der Waals surface area contributed by atoms with E-state index >= 15 is 0 Å². The molecule has 4 nitrogen and oxygen atoms in total. The third-order valence-electron chi connectivity index (χ3n) is 5.83. The van der Waals surface area contributed by atoms with Crippen molar-refractivity contribution in [1.29, 1.82) is 0 Å². The molecule has 0 radical (unpaired) electrons. The van der Waals surface area contributed by atoms with Crippen LogP contribution in [0.15, 0.2) is 48.8 Å². The monoisotopic (exact) mass is 372 g/mol. The van der Waals surface area contributed by atoms with Gasteiger partial charge in [-0.3, -0.25) is 4.40 Å². The third kappa shape index (κ3) is 2.34. The predicted molar refractivity (Wildman–Crippen MR) is 111 cm³/mol. The van der Waals surface area contributed by atoms with Gasteiger partial charge < -0.3 is 4.98 Å². The van der Waals surface area contributed by atoms with Gasteiger partial charge in [0.1, 0.15) is 11.5 Å². The summed E-state index contributed by atoms with van der Waals surface area (Å²) in [5.41, 5.74) is 4.26. The van der Waals surface area contributed by atoms with Gasteiger partial charge in [0.25, 0.3) is 0 Å². The topological polar surface area (TPSA) is 46.0 Å². The SMILES string of the molecule is c1ccc2sc(-c3nc(C4CCCCC4)n4c3cnc3[nH]ccc34)cc2c1. The molecule has 1 N–H and O–H groups in total. The molecule has 0 unspecified atom stereocenters. The Morgan fingerprint density at radius 1 is 1.04 bits per heavy atom. The first kappa shape index (κ1) is 15.4. The molecular weight excluding hydrogens is 352 g/mol. The quantitative estimate of drug-likeness (QED) is 0.404. The molecule has 134 valence electrons. The Labute approximate surface area is 160 Å². The van der Waals surface area contributed by atoms with Crippen molar-refractivity contribution in [3.05, 3.63) is 54.6 Å². The molecule has 6 rings (SSSR count). The number of imidazole rings is 1. The average molecular weight is 372 g/mol. The van der Waals surface area contributed by atoms with Gasteiger partial charge in [-0.2, -0.15) is 0 Å². The van der Waals surface area contributed by atoms with Crippen molar-refractivity contribution in [1.82, 2.24) is 19.4 Å². The minimum atomic E-state index is 0.537. The lowest BCUT2D eigenvalue weighted by atomic mass is 9.89. The third-order valence-corrected chi connectivity index (χ3v) is 6.95. The van der Waals surface area contributed by atoms with Crippen molar-refractivity contribution in [3.8, 4) is 10.6 Å². The minimum absolute atomic E-state index is 0.537. The Hall–Kier alpha value is -2.66. The van der Waals surface area contributed by atoms with Gasteiger partial charge in [0, 0.05) is 16.8 Å². The summed E-state index contributed by atoms with van der Waals surface area (Å²) < 4.78 is 3.66. The van der Waals surface area contributed by atoms with Crippen LogP contribution >= 0.6 is 11.3 Å². The summed E-state index contributed by atoms with van der Waals surface area (Å²) >= 11 is 1.82. The van der Waals surface area contributed by atoms with E-state index in [4.69, 9.17) is 4.98 Å². The molecule has 1 aromatic carbocycles. The molecule has 0 amide bonds. The van der Waals surface area contributed by atoms with Crippen molar-refractivity contribution in [2.75, 3.05) is 0 Å². The molecule has 27 heavy (non-hydrogen) atoms. The van der Waals surface area contributed by atoms with E-state index in [1.807, 2.05) is 23.7 Å². The Morgan fingerprint density at radius 3 is 2.81 bits per heavy atom. The molecule has 1 saturated carbocycles. The summed E-state index contributed by atoms with van der Waals surface area (Å²) in [7, 11) is 0. The van der Waals surface area contributed by atoms with E-state index in [-0.39, 0.29) is 0 Å². The smallest absolute Gasteiger partial charge is 0.154 e. The van der Waals surface area contributed by atoms with Crippen molar-refractivity contribution >= 4 is 38.1 Å². The number of H-pyrrole nitrogens is 1. The van der Waals surface area contributed by atoms with E-state index in [9.17, 15) is 0 Å². The van der Waals surface area contributed by atoms with Crippen molar-refractivity contribution in [2.45, 2.75) is 38.0 Å². The number of nitrogens with zero attached hydrogens (tertiary/aromatic N) is 3. The zero-order valence-electron chi connectivity index (χ0n) is 15.0. The maximum Gasteiger partial charge on any atom is 0.154 e. The molecule has 0 bridgehead atoms. The molecule has 5 aromatic rings. The molecule has 0 atom stereocenters. The van der Waals surface area contributed by atoms with E-state index in [0.717, 1.165) is 22.4 Å². The molecule has 1 aliphatic rings. The number of aromatic amines is 1. The second kappa shape index (κ2) is 5.92. The van der Waals surface area contributed by atoms with Crippen LogP contribution in [0.25, 0.3) is 37.3 Å². The predicted octanol–water partition coefficient (Wildman–Crippen LogP) is 6.14. The van der Waals surface area contributed by atoms with E-state index < -0.39 is 0 Å². The minimum Gasteiger partial charge on any atom is -0.345 e. The summed E-state index contributed by atoms with van der Waals surface area (Å²) in [5, 5.41) is 1.29. The molecule has 0 spiro atoms. The van der Waals surface area contributed by atoms with Crippen LogP contribution in [0.2, 0.25) is 0 Å². The lowest BCUT2D eigenvalue weighted by Crippen LogP contribution is -2.09. The van der Waals surface area contributed by atoms with Gasteiger partial charge in [-0.1, -0.05) is 37.5 Å². The summed E-state index contributed by atoms with van der Waals surface area (Å²) in [5.74, 6) is 1.75. The molecule has 5 heteroatoms. The van der Waals surface area contributed by atoms with Crippen LogP contribution in [-0.2, 0) is 0 Å². The number of nitrogens with one attached hydrogen (secondary N) is 1. The van der Waals surface area contributed by atoms with Gasteiger partial charge in [0.2, 0.25) is 0 Å². The normalized spacial score (nSPS) is 16.0. The summed E-state index contributed by atoms with van der Waals surface area (Å²) in [6.07, 6.45) is 10.4. The zero-order valence-corrected chi connectivity index (χ0v) is 15.8. The number of hydrogen-bond acceptors (Lipinski definition) is 3. The Kier molecular flexibility index (Phi) is 3.38. The van der Waals surface area contributed by atoms with Crippen LogP contribution < -0.4 is 0 Å². The van der Waals surface area contributed by atoms with E-state index in [0.29, 0.717) is 5.92 Å². The lowest BCUT2D eigenvalue weighted by Gasteiger charge is -2.20. The van der Waals surface area contributed by atoms with Gasteiger partial charge in [0.15, 0.2) is 5.65 Å². The molecule has 0 aliphatic heterocycles. The highest BCUT2D eigenvalue weighted by Gasteiger charge is 2.25. The van der Waals surface area contributed by atoms with Crippen molar-refractivity contribution < 1.29 is 0 Å². The number of thiophene rings is 1. The molecule has 0 saturated heterocycles. The van der Waals surface area contributed by atoms with Gasteiger partial charge in [-0.15, -0.1) is 11.3 Å². The number of fused-ring (bicyclic) bond motifs is 4. The molecule has 4 aromatic heterocycles. The number of hydrogen-bond donors (Lipinski definition) is 1. The molecule has 1 fully saturated rings. The largest absolute Gasteiger partial charge is 0.345 e. The Morgan fingerprint density at radius 2 is 1.93 bits per heavy atom. The fraction of sp³-hybridized carbons (Fsp3) is 0.273. The molecular formula is C22H20N4S. The molecule has 4 heterocycles. The van der Waals surface area contributed by atoms with E-state index in [2.05, 4.69) is 50.8 Å². The highest BCUT2D eigenvalue weighted by Crippen LogP contribution is 2.39. The Balaban J connectivity index is 1.64. The van der Waals surface area contributed by atoms with Crippen LogP contribution in [0.5, 0.6) is 0 Å². The van der Waals surface area contributed by atoms with Gasteiger partial charge in [-0.25, -0.2) is 9.97 Å². The first-order valence-corrected chi connectivity index (χ1v) is 10.5. The second-order valence-electron chi connectivity index (χ2n) is 7.49. The summed E-state index contributed by atoms with van der Waals surface area (Å²) in [4.78, 5) is 14.4. The fourth-order valence-corrected chi connectivity index (χ4v) is 5.56. The Bertz CT molecular complexity index is 1240. The van der Waals surface area contributed by atoms with Crippen LogP contribution in [0.1, 0.15) is 43.8 Å². The number of benzene rings is 1. The maximum atomic E-state index is 5.23. The van der Waals surface area contributed by atoms with E-state index in [1.54, 1.807) is 0 Å². The van der Waals surface area contributed by atoms with Gasteiger partial charge >= 0.3 is 0 Å². The van der Waals surface area contributed by atoms with Crippen molar-refractivity contribution in [2.24, 2.45) is 0 Å². The average Bonchev–Trinajstić information content (AvgIpc) is 3.43. The first-order valence-electron chi connectivity index (χ1n) is 9.72. The zero-order chi connectivity index (χ0) is 17.8. The summed E-state index contributed by atoms with van der Waals surface area (Å²) in [6, 6.07) is 13.0. The van der Waals surface area contributed by atoms with Crippen LogP contribution in [0.4, 0.5) is 0 Å².